The molecule has 5 nitrogen and oxygen atoms in total. The van der Waals surface area contributed by atoms with E-state index in [1.54, 1.807) is 17.9 Å². The van der Waals surface area contributed by atoms with Gasteiger partial charge in [0.15, 0.2) is 0 Å². The van der Waals surface area contributed by atoms with E-state index in [0.29, 0.717) is 5.92 Å². The second-order valence-electron chi connectivity index (χ2n) is 7.27. The maximum atomic E-state index is 12.1. The number of aromatic nitrogens is 2. The number of nitrogens with zero attached hydrogens (tertiary/aromatic N) is 3. The smallest absolute Gasteiger partial charge is 0.266 e. The lowest BCUT2D eigenvalue weighted by Crippen LogP contribution is -2.38. The van der Waals surface area contributed by atoms with Crippen molar-refractivity contribution in [3.63, 3.8) is 0 Å². The zero-order valence-electron chi connectivity index (χ0n) is 14.3. The molecule has 0 aromatic carbocycles. The van der Waals surface area contributed by atoms with Gasteiger partial charge in [0.25, 0.3) is 5.56 Å². The minimum Gasteiger partial charge on any atom is -0.383 e. The van der Waals surface area contributed by atoms with E-state index in [9.17, 15) is 4.79 Å². The van der Waals surface area contributed by atoms with Gasteiger partial charge in [0.1, 0.15) is 0 Å². The van der Waals surface area contributed by atoms with Crippen LogP contribution in [-0.4, -0.2) is 48.0 Å². The third-order valence-electron chi connectivity index (χ3n) is 4.38. The van der Waals surface area contributed by atoms with Gasteiger partial charge < -0.3 is 9.64 Å². The second-order valence-corrected chi connectivity index (χ2v) is 7.27. The summed E-state index contributed by atoms with van der Waals surface area (Å²) >= 11 is 0. The highest BCUT2D eigenvalue weighted by atomic mass is 16.5. The topological polar surface area (TPSA) is 47.4 Å². The van der Waals surface area contributed by atoms with Crippen LogP contribution in [0, 0.1) is 5.92 Å². The highest BCUT2D eigenvalue weighted by Gasteiger charge is 2.21. The molecule has 0 saturated carbocycles. The first kappa shape index (κ1) is 17.2. The zero-order chi connectivity index (χ0) is 16.2. The molecule has 0 amide bonds. The lowest BCUT2D eigenvalue weighted by atomic mass is 9.92. The quantitative estimate of drug-likeness (QED) is 0.833. The Balaban J connectivity index is 1.96. The third kappa shape index (κ3) is 4.65. The fourth-order valence-corrected chi connectivity index (χ4v) is 2.84. The van der Waals surface area contributed by atoms with Gasteiger partial charge in [0, 0.05) is 31.7 Å². The first-order chi connectivity index (χ1) is 10.4. The zero-order valence-corrected chi connectivity index (χ0v) is 14.3. The van der Waals surface area contributed by atoms with E-state index >= 15 is 0 Å². The first-order valence-electron chi connectivity index (χ1n) is 8.20. The lowest BCUT2D eigenvalue weighted by molar-refractivity contribution is 0.115. The van der Waals surface area contributed by atoms with Crippen LogP contribution in [0.2, 0.25) is 0 Å². The van der Waals surface area contributed by atoms with Gasteiger partial charge in [0.2, 0.25) is 0 Å². The molecule has 0 N–H and O–H groups in total. The summed E-state index contributed by atoms with van der Waals surface area (Å²) in [6, 6.07) is 3.51. The first-order valence-corrected chi connectivity index (χ1v) is 8.20. The summed E-state index contributed by atoms with van der Waals surface area (Å²) in [7, 11) is 1.74. The van der Waals surface area contributed by atoms with Crippen molar-refractivity contribution >= 4 is 0 Å². The van der Waals surface area contributed by atoms with Gasteiger partial charge in [0.05, 0.1) is 12.3 Å². The number of ether oxygens (including phenoxy) is 1. The Bertz CT molecular complexity index is 525. The summed E-state index contributed by atoms with van der Waals surface area (Å²) in [5.74, 6) is 0.541. The van der Waals surface area contributed by atoms with Crippen molar-refractivity contribution in [3.8, 4) is 0 Å². The summed E-state index contributed by atoms with van der Waals surface area (Å²) in [6.45, 7) is 11.1. The van der Waals surface area contributed by atoms with Gasteiger partial charge in [-0.3, -0.25) is 4.79 Å². The molecule has 22 heavy (non-hydrogen) atoms. The van der Waals surface area contributed by atoms with Crippen LogP contribution < -0.4 is 5.56 Å². The summed E-state index contributed by atoms with van der Waals surface area (Å²) < 4.78 is 6.79. The molecule has 1 aromatic heterocycles. The van der Waals surface area contributed by atoms with Crippen LogP contribution in [0.25, 0.3) is 0 Å². The van der Waals surface area contributed by atoms with Gasteiger partial charge in [-0.25, -0.2) is 4.68 Å². The molecule has 0 aliphatic carbocycles. The van der Waals surface area contributed by atoms with Crippen LogP contribution >= 0.6 is 0 Å². The Morgan fingerprint density at radius 1 is 1.27 bits per heavy atom. The summed E-state index contributed by atoms with van der Waals surface area (Å²) in [6.07, 6.45) is 2.25. The van der Waals surface area contributed by atoms with E-state index < -0.39 is 0 Å². The Morgan fingerprint density at radius 3 is 2.55 bits per heavy atom. The van der Waals surface area contributed by atoms with Crippen molar-refractivity contribution in [3.05, 3.63) is 28.2 Å². The van der Waals surface area contributed by atoms with Gasteiger partial charge in [-0.05, 0) is 37.9 Å². The Kier molecular flexibility index (Phi) is 5.75. The van der Waals surface area contributed by atoms with Gasteiger partial charge >= 0.3 is 0 Å². The van der Waals surface area contributed by atoms with Crippen molar-refractivity contribution in [2.75, 3.05) is 33.4 Å². The predicted molar refractivity (Wildman–Crippen MR) is 88.2 cm³/mol. The van der Waals surface area contributed by atoms with Gasteiger partial charge in [-0.2, -0.15) is 5.10 Å². The van der Waals surface area contributed by atoms with E-state index in [4.69, 9.17) is 4.74 Å². The number of methoxy groups -OCH3 is 1. The van der Waals surface area contributed by atoms with E-state index in [1.165, 1.54) is 0 Å². The van der Waals surface area contributed by atoms with Crippen molar-refractivity contribution in [1.82, 2.24) is 14.7 Å². The number of hydrogen-bond acceptors (Lipinski definition) is 4. The molecule has 2 heterocycles. The third-order valence-corrected chi connectivity index (χ3v) is 4.38. The van der Waals surface area contributed by atoms with E-state index in [1.807, 2.05) is 6.07 Å². The molecule has 124 valence electrons. The normalized spacial score (nSPS) is 17.8. The average molecular weight is 307 g/mol. The molecule has 0 spiro atoms. The van der Waals surface area contributed by atoms with Crippen LogP contribution in [-0.2, 0) is 16.7 Å². The molecule has 1 aliphatic heterocycles. The highest BCUT2D eigenvalue weighted by Crippen LogP contribution is 2.20. The maximum absolute atomic E-state index is 12.1. The SMILES string of the molecule is COCCN1CCC(Cn2nc(C(C)(C)C)ccc2=O)CC1. The molecule has 0 radical (unpaired) electrons. The Morgan fingerprint density at radius 2 is 1.95 bits per heavy atom. The highest BCUT2D eigenvalue weighted by molar-refractivity contribution is 5.10. The van der Waals surface area contributed by atoms with Crippen LogP contribution in [0.1, 0.15) is 39.3 Å². The molecule has 1 fully saturated rings. The molecular weight excluding hydrogens is 278 g/mol. The molecule has 0 atom stereocenters. The average Bonchev–Trinajstić information content (AvgIpc) is 2.47. The van der Waals surface area contributed by atoms with Crippen LogP contribution in [0.3, 0.4) is 0 Å². The Labute approximate surface area is 133 Å². The van der Waals surface area contributed by atoms with E-state index in [-0.39, 0.29) is 11.0 Å². The Hall–Kier alpha value is -1.20. The minimum absolute atomic E-state index is 0.00909. The summed E-state index contributed by atoms with van der Waals surface area (Å²) in [4.78, 5) is 14.5. The molecule has 1 saturated heterocycles. The van der Waals surface area contributed by atoms with Crippen molar-refractivity contribution in [2.45, 2.75) is 45.6 Å². The maximum Gasteiger partial charge on any atom is 0.266 e. The predicted octanol–water partition coefficient (Wildman–Crippen LogP) is 1.90. The monoisotopic (exact) mass is 307 g/mol. The molecular formula is C17H29N3O2. The summed E-state index contributed by atoms with van der Waals surface area (Å²) in [5, 5.41) is 4.58. The molecule has 5 heteroatoms. The lowest BCUT2D eigenvalue weighted by Gasteiger charge is -2.31. The standard InChI is InChI=1S/C17H29N3O2/c1-17(2,3)15-5-6-16(21)20(18-15)13-14-7-9-19(10-8-14)11-12-22-4/h5-6,14H,7-13H2,1-4H3. The molecule has 0 unspecified atom stereocenters. The number of rotatable bonds is 5. The fourth-order valence-electron chi connectivity index (χ4n) is 2.84. The second kappa shape index (κ2) is 7.38. The fraction of sp³-hybridized carbons (Fsp3) is 0.765. The number of likely N-dealkylation sites (tertiary alicyclic amines) is 1. The van der Waals surface area contributed by atoms with Crippen molar-refractivity contribution in [1.29, 1.82) is 0 Å². The van der Waals surface area contributed by atoms with E-state index in [0.717, 1.165) is 51.3 Å². The van der Waals surface area contributed by atoms with E-state index in [2.05, 4.69) is 30.8 Å². The van der Waals surface area contributed by atoms with Crippen LogP contribution in [0.4, 0.5) is 0 Å². The van der Waals surface area contributed by atoms with Crippen LogP contribution in [0.15, 0.2) is 16.9 Å². The largest absolute Gasteiger partial charge is 0.383 e. The molecule has 1 aliphatic rings. The molecule has 1 aromatic rings. The number of hydrogen-bond donors (Lipinski definition) is 0. The van der Waals surface area contributed by atoms with Crippen LogP contribution in [0.5, 0.6) is 0 Å². The minimum atomic E-state index is -0.0288. The molecule has 2 rings (SSSR count). The number of piperidine rings is 1. The van der Waals surface area contributed by atoms with Gasteiger partial charge in [-0.15, -0.1) is 0 Å². The van der Waals surface area contributed by atoms with Crippen molar-refractivity contribution in [2.24, 2.45) is 5.92 Å². The summed E-state index contributed by atoms with van der Waals surface area (Å²) in [5.41, 5.74) is 0.957. The molecule has 0 bridgehead atoms. The van der Waals surface area contributed by atoms with Gasteiger partial charge in [-0.1, -0.05) is 20.8 Å². The van der Waals surface area contributed by atoms with Crippen molar-refractivity contribution < 1.29 is 4.74 Å².